The van der Waals surface area contributed by atoms with Crippen molar-refractivity contribution in [2.45, 2.75) is 102 Å². The zero-order chi connectivity index (χ0) is 28.4. The Bertz CT molecular complexity index is 1120. The Hall–Kier alpha value is -1.86. The molecular weight excluding hydrogens is 551 g/mol. The summed E-state index contributed by atoms with van der Waals surface area (Å²) >= 11 is 6.08. The van der Waals surface area contributed by atoms with Gasteiger partial charge >= 0.3 is 13.6 Å². The number of hydrogen-bond acceptors (Lipinski definition) is 8. The maximum atomic E-state index is 12.5. The van der Waals surface area contributed by atoms with E-state index in [0.717, 1.165) is 19.3 Å². The van der Waals surface area contributed by atoms with Crippen LogP contribution in [0.2, 0.25) is 5.28 Å². The van der Waals surface area contributed by atoms with Crippen LogP contribution in [0.3, 0.4) is 0 Å². The first kappa shape index (κ1) is 31.7. The van der Waals surface area contributed by atoms with Crippen LogP contribution in [0, 0.1) is 0 Å². The van der Waals surface area contributed by atoms with E-state index in [1.165, 1.54) is 55.8 Å². The molecule has 1 saturated heterocycles. The number of carbonyl (C=O) groups excluding carboxylic acids is 1. The fraction of sp³-hybridized carbons (Fsp3) is 0.750. The predicted octanol–water partition coefficient (Wildman–Crippen LogP) is 3.71. The molecule has 3 heterocycles. The second-order valence-electron chi connectivity index (χ2n) is 9.95. The average molecular weight is 591 g/mol. The zero-order valence-corrected chi connectivity index (χ0v) is 23.9. The van der Waals surface area contributed by atoms with Crippen LogP contribution in [0.25, 0.3) is 11.2 Å². The molecule has 39 heavy (non-hydrogen) atoms. The number of aliphatic hydroxyl groups excluding tert-OH is 2. The molecule has 1 fully saturated rings. The molecule has 3 rings (SSSR count). The molecule has 2 aromatic rings. The summed E-state index contributed by atoms with van der Waals surface area (Å²) in [6.45, 7) is 2.73. The van der Waals surface area contributed by atoms with Crippen LogP contribution in [-0.2, 0) is 9.30 Å². The smallest absolute Gasteiger partial charge is 0.325 e. The number of imidazole rings is 1. The second-order valence-corrected chi connectivity index (χ2v) is 12.1. The summed E-state index contributed by atoms with van der Waals surface area (Å²) in [6, 6.07) is -0.471. The van der Waals surface area contributed by atoms with Crippen molar-refractivity contribution in [1.82, 2.24) is 24.8 Å². The number of unbranched alkanes of at least 4 members (excludes halogenated alkanes) is 9. The molecule has 0 aliphatic carbocycles. The number of hydrogen-bond donors (Lipinski definition) is 6. The molecule has 2 amide bonds. The Morgan fingerprint density at radius 2 is 1.69 bits per heavy atom. The highest BCUT2D eigenvalue weighted by Crippen LogP contribution is 2.39. The molecule has 4 atom stereocenters. The van der Waals surface area contributed by atoms with Crippen molar-refractivity contribution in [3.63, 3.8) is 0 Å². The lowest BCUT2D eigenvalue weighted by molar-refractivity contribution is -0.0355. The van der Waals surface area contributed by atoms with Crippen molar-refractivity contribution in [2.75, 3.05) is 18.0 Å². The number of amides is 2. The van der Waals surface area contributed by atoms with Crippen LogP contribution in [0.15, 0.2) is 6.33 Å². The van der Waals surface area contributed by atoms with Gasteiger partial charge in [-0.25, -0.2) is 9.78 Å². The van der Waals surface area contributed by atoms with E-state index in [-0.39, 0.29) is 28.7 Å². The maximum absolute atomic E-state index is 12.5. The van der Waals surface area contributed by atoms with E-state index in [0.29, 0.717) is 6.54 Å². The van der Waals surface area contributed by atoms with Gasteiger partial charge in [0.15, 0.2) is 23.2 Å². The Labute approximate surface area is 232 Å². The SMILES string of the molecule is CCCCCCCCCCCCNC(=O)Nc1nc(Cl)nc2c1ncn2[C@@H]1O[C@H](CCP(=O)(O)O)C(O)[C@@H]1O. The van der Waals surface area contributed by atoms with Crippen molar-refractivity contribution in [3.05, 3.63) is 11.6 Å². The molecule has 15 heteroatoms. The van der Waals surface area contributed by atoms with Gasteiger partial charge in [0.1, 0.15) is 12.2 Å². The van der Waals surface area contributed by atoms with Gasteiger partial charge < -0.3 is 30.1 Å². The van der Waals surface area contributed by atoms with E-state index >= 15 is 0 Å². The van der Waals surface area contributed by atoms with Crippen LogP contribution in [0.4, 0.5) is 10.6 Å². The van der Waals surface area contributed by atoms with Crippen molar-refractivity contribution in [2.24, 2.45) is 0 Å². The van der Waals surface area contributed by atoms with E-state index in [9.17, 15) is 19.6 Å². The molecule has 220 valence electrons. The number of carbonyl (C=O) groups is 1. The topological polar surface area (TPSA) is 192 Å². The summed E-state index contributed by atoms with van der Waals surface area (Å²) in [6.07, 6.45) is 7.67. The quantitative estimate of drug-likeness (QED) is 0.0953. The summed E-state index contributed by atoms with van der Waals surface area (Å²) in [5.74, 6) is 0.0652. The Balaban J connectivity index is 1.51. The molecule has 0 bridgehead atoms. The van der Waals surface area contributed by atoms with Gasteiger partial charge in [-0.3, -0.25) is 14.4 Å². The highest BCUT2D eigenvalue weighted by molar-refractivity contribution is 7.51. The third-order valence-electron chi connectivity index (χ3n) is 6.76. The first-order valence-electron chi connectivity index (χ1n) is 13.6. The van der Waals surface area contributed by atoms with Crippen LogP contribution >= 0.6 is 19.2 Å². The first-order chi connectivity index (χ1) is 18.6. The molecule has 0 aromatic carbocycles. The minimum atomic E-state index is -4.31. The normalized spacial score (nSPS) is 21.5. The van der Waals surface area contributed by atoms with Crippen molar-refractivity contribution < 1.29 is 34.1 Å². The molecule has 0 spiro atoms. The average Bonchev–Trinajstić information content (AvgIpc) is 3.41. The number of nitrogens with one attached hydrogen (secondary N) is 2. The summed E-state index contributed by atoms with van der Waals surface area (Å²) < 4.78 is 18.2. The Kier molecular flexibility index (Phi) is 12.4. The van der Waals surface area contributed by atoms with Gasteiger partial charge in [0.25, 0.3) is 0 Å². The number of fused-ring (bicyclic) bond motifs is 1. The van der Waals surface area contributed by atoms with Gasteiger partial charge in [-0.2, -0.15) is 9.97 Å². The number of aromatic nitrogens is 4. The summed E-state index contributed by atoms with van der Waals surface area (Å²) in [4.78, 5) is 43.1. The Morgan fingerprint density at radius 3 is 2.33 bits per heavy atom. The van der Waals surface area contributed by atoms with E-state index in [1.807, 2.05) is 0 Å². The predicted molar refractivity (Wildman–Crippen MR) is 147 cm³/mol. The molecule has 2 aromatic heterocycles. The van der Waals surface area contributed by atoms with Gasteiger partial charge in [0.2, 0.25) is 5.28 Å². The van der Waals surface area contributed by atoms with Crippen LogP contribution in [0.5, 0.6) is 0 Å². The fourth-order valence-corrected chi connectivity index (χ4v) is 5.38. The van der Waals surface area contributed by atoms with Crippen LogP contribution in [0.1, 0.15) is 83.8 Å². The minimum absolute atomic E-state index is 0.0652. The van der Waals surface area contributed by atoms with Crippen LogP contribution < -0.4 is 10.6 Å². The van der Waals surface area contributed by atoms with Gasteiger partial charge in [-0.15, -0.1) is 0 Å². The summed E-state index contributed by atoms with van der Waals surface area (Å²) in [5, 5.41) is 26.1. The van der Waals surface area contributed by atoms with Crippen molar-refractivity contribution in [3.8, 4) is 0 Å². The second kappa shape index (κ2) is 15.2. The van der Waals surface area contributed by atoms with Gasteiger partial charge in [0, 0.05) is 6.54 Å². The lowest BCUT2D eigenvalue weighted by atomic mass is 10.1. The third-order valence-corrected chi connectivity index (χ3v) is 7.77. The molecule has 1 aliphatic rings. The summed E-state index contributed by atoms with van der Waals surface area (Å²) in [7, 11) is -4.31. The monoisotopic (exact) mass is 590 g/mol. The number of aliphatic hydroxyl groups is 2. The standard InChI is InChI=1S/C24H40ClN6O7P/c1-2-3-4-5-6-7-8-9-10-11-13-26-24(34)29-20-17-21(30-23(25)28-20)31(15-27-17)22-19(33)18(32)16(38-22)12-14-39(35,36)37/h15-16,18-19,22,32-33H,2-14H2,1H3,(H2,35,36,37)(H2,26,28,29,30,34)/t16-,18?,19+,22-/m1/s1. The third kappa shape index (κ3) is 9.63. The Morgan fingerprint density at radius 1 is 1.05 bits per heavy atom. The van der Waals surface area contributed by atoms with Gasteiger partial charge in [-0.1, -0.05) is 64.7 Å². The molecule has 13 nitrogen and oxygen atoms in total. The number of rotatable bonds is 16. The molecule has 0 radical (unpaired) electrons. The van der Waals surface area contributed by atoms with E-state index in [2.05, 4.69) is 32.5 Å². The maximum Gasteiger partial charge on any atom is 0.325 e. The molecule has 0 saturated carbocycles. The molecule has 1 aliphatic heterocycles. The lowest BCUT2D eigenvalue weighted by Gasteiger charge is -2.17. The van der Waals surface area contributed by atoms with Crippen molar-refractivity contribution in [1.29, 1.82) is 0 Å². The number of nitrogens with zero attached hydrogens (tertiary/aromatic N) is 4. The zero-order valence-electron chi connectivity index (χ0n) is 22.2. The molecule has 1 unspecified atom stereocenters. The lowest BCUT2D eigenvalue weighted by Crippen LogP contribution is -2.32. The first-order valence-corrected chi connectivity index (χ1v) is 15.8. The van der Waals surface area contributed by atoms with Crippen LogP contribution in [-0.4, -0.2) is 76.6 Å². The van der Waals surface area contributed by atoms with E-state index < -0.39 is 44.3 Å². The molecular formula is C24H40ClN6O7P. The van der Waals surface area contributed by atoms with Crippen molar-refractivity contribution >= 4 is 42.2 Å². The minimum Gasteiger partial charge on any atom is -0.388 e. The number of ether oxygens (including phenoxy) is 1. The van der Waals surface area contributed by atoms with Gasteiger partial charge in [0.05, 0.1) is 18.6 Å². The molecule has 6 N–H and O–H groups in total. The highest BCUT2D eigenvalue weighted by Gasteiger charge is 2.44. The number of anilines is 1. The van der Waals surface area contributed by atoms with E-state index in [4.69, 9.17) is 26.1 Å². The number of halogens is 1. The largest absolute Gasteiger partial charge is 0.388 e. The summed E-state index contributed by atoms with van der Waals surface area (Å²) in [5.41, 5.74) is 0.337. The van der Waals surface area contributed by atoms with Gasteiger partial charge in [-0.05, 0) is 24.4 Å². The van der Waals surface area contributed by atoms with E-state index in [1.54, 1.807) is 0 Å². The highest BCUT2D eigenvalue weighted by atomic mass is 35.5. The fourth-order valence-electron chi connectivity index (χ4n) is 4.62. The number of urea groups is 1.